The standard InChI is InChI=1S/C14H14ClN3O/c1-8-11-6-9(15)4-5-10(11)13-12(7-18(2)3)17-19-14(13)16-8/h4-6,16H,1,7H2,2-3H3. The Morgan fingerprint density at radius 3 is 2.89 bits per heavy atom. The molecule has 0 radical (unpaired) electrons. The molecule has 98 valence electrons. The molecule has 2 heterocycles. The summed E-state index contributed by atoms with van der Waals surface area (Å²) in [5.41, 5.74) is 4.72. The molecule has 19 heavy (non-hydrogen) atoms. The van der Waals surface area contributed by atoms with E-state index in [0.29, 0.717) is 10.9 Å². The van der Waals surface area contributed by atoms with Crippen molar-refractivity contribution in [3.63, 3.8) is 0 Å². The predicted octanol–water partition coefficient (Wildman–Crippen LogP) is 3.45. The van der Waals surface area contributed by atoms with Crippen LogP contribution in [0.15, 0.2) is 29.3 Å². The monoisotopic (exact) mass is 275 g/mol. The number of anilines is 1. The summed E-state index contributed by atoms with van der Waals surface area (Å²) in [7, 11) is 4.00. The molecule has 0 aliphatic carbocycles. The normalized spacial score (nSPS) is 13.2. The molecule has 0 unspecified atom stereocenters. The van der Waals surface area contributed by atoms with Crippen LogP contribution in [0.25, 0.3) is 16.8 Å². The molecule has 4 nitrogen and oxygen atoms in total. The molecule has 0 atom stereocenters. The number of nitrogens with zero attached hydrogens (tertiary/aromatic N) is 2. The molecule has 1 aromatic carbocycles. The Morgan fingerprint density at radius 2 is 2.16 bits per heavy atom. The Hall–Kier alpha value is -1.78. The van der Waals surface area contributed by atoms with E-state index in [4.69, 9.17) is 16.1 Å². The predicted molar refractivity (Wildman–Crippen MR) is 77.0 cm³/mol. The van der Waals surface area contributed by atoms with Gasteiger partial charge in [-0.15, -0.1) is 0 Å². The van der Waals surface area contributed by atoms with Crippen LogP contribution in [0.5, 0.6) is 0 Å². The Labute approximate surface area is 116 Å². The Balaban J connectivity index is 2.19. The fourth-order valence-electron chi connectivity index (χ4n) is 2.28. The first-order valence-electron chi connectivity index (χ1n) is 5.96. The van der Waals surface area contributed by atoms with Crippen molar-refractivity contribution in [3.05, 3.63) is 41.1 Å². The van der Waals surface area contributed by atoms with Crippen LogP contribution in [-0.2, 0) is 6.54 Å². The van der Waals surface area contributed by atoms with E-state index in [1.807, 2.05) is 32.3 Å². The maximum absolute atomic E-state index is 6.05. The Morgan fingerprint density at radius 1 is 1.37 bits per heavy atom. The smallest absolute Gasteiger partial charge is 0.237 e. The fourth-order valence-corrected chi connectivity index (χ4v) is 2.45. The van der Waals surface area contributed by atoms with E-state index < -0.39 is 0 Å². The van der Waals surface area contributed by atoms with Gasteiger partial charge in [-0.2, -0.15) is 0 Å². The highest BCUT2D eigenvalue weighted by atomic mass is 35.5. The lowest BCUT2D eigenvalue weighted by atomic mass is 9.94. The van der Waals surface area contributed by atoms with Crippen molar-refractivity contribution in [2.75, 3.05) is 19.4 Å². The minimum absolute atomic E-state index is 0.650. The van der Waals surface area contributed by atoms with E-state index in [-0.39, 0.29) is 0 Å². The topological polar surface area (TPSA) is 41.3 Å². The van der Waals surface area contributed by atoms with E-state index in [1.165, 1.54) is 0 Å². The highest BCUT2D eigenvalue weighted by molar-refractivity contribution is 6.31. The Kier molecular flexibility index (Phi) is 2.84. The van der Waals surface area contributed by atoms with Crippen LogP contribution in [0.4, 0.5) is 5.88 Å². The second-order valence-electron chi connectivity index (χ2n) is 4.86. The average Bonchev–Trinajstić information content (AvgIpc) is 2.72. The highest BCUT2D eigenvalue weighted by Gasteiger charge is 2.26. The number of fused-ring (bicyclic) bond motifs is 3. The summed E-state index contributed by atoms with van der Waals surface area (Å²) >= 11 is 6.05. The molecule has 2 aromatic rings. The molecule has 5 heteroatoms. The lowest BCUT2D eigenvalue weighted by Crippen LogP contribution is -2.13. The second kappa shape index (κ2) is 4.40. The van der Waals surface area contributed by atoms with Crippen LogP contribution in [0.3, 0.4) is 0 Å². The Bertz CT molecular complexity index is 661. The molecule has 1 N–H and O–H groups in total. The largest absolute Gasteiger partial charge is 0.338 e. The maximum Gasteiger partial charge on any atom is 0.237 e. The minimum Gasteiger partial charge on any atom is -0.338 e. The summed E-state index contributed by atoms with van der Waals surface area (Å²) in [6.45, 7) is 4.72. The van der Waals surface area contributed by atoms with Crippen LogP contribution in [0, 0.1) is 0 Å². The van der Waals surface area contributed by atoms with Crippen molar-refractivity contribution < 1.29 is 4.52 Å². The van der Waals surface area contributed by atoms with Crippen LogP contribution in [0.1, 0.15) is 11.3 Å². The van der Waals surface area contributed by atoms with Gasteiger partial charge in [-0.3, -0.25) is 0 Å². The second-order valence-corrected chi connectivity index (χ2v) is 5.30. The number of rotatable bonds is 2. The van der Waals surface area contributed by atoms with Crippen molar-refractivity contribution in [2.45, 2.75) is 6.54 Å². The third-order valence-corrected chi connectivity index (χ3v) is 3.30. The summed E-state index contributed by atoms with van der Waals surface area (Å²) < 4.78 is 5.36. The molecule has 1 aromatic heterocycles. The van der Waals surface area contributed by atoms with Gasteiger partial charge in [-0.05, 0) is 31.8 Å². The number of halogens is 1. The molecule has 0 saturated carbocycles. The van der Waals surface area contributed by atoms with Crippen molar-refractivity contribution in [3.8, 4) is 11.1 Å². The van der Waals surface area contributed by atoms with E-state index in [2.05, 4.69) is 22.0 Å². The fraction of sp³-hybridized carbons (Fsp3) is 0.214. The van der Waals surface area contributed by atoms with Gasteiger partial charge in [0, 0.05) is 22.8 Å². The highest BCUT2D eigenvalue weighted by Crippen LogP contribution is 2.42. The van der Waals surface area contributed by atoms with E-state index in [0.717, 1.165) is 34.6 Å². The molecule has 3 rings (SSSR count). The first kappa shape index (κ1) is 12.3. The number of hydrogen-bond acceptors (Lipinski definition) is 4. The number of nitrogens with one attached hydrogen (secondary N) is 1. The molecule has 0 bridgehead atoms. The van der Waals surface area contributed by atoms with E-state index in [9.17, 15) is 0 Å². The van der Waals surface area contributed by atoms with Gasteiger partial charge >= 0.3 is 0 Å². The lowest BCUT2D eigenvalue weighted by molar-refractivity contribution is 0.368. The number of aromatic nitrogens is 1. The van der Waals surface area contributed by atoms with Crippen molar-refractivity contribution in [2.24, 2.45) is 0 Å². The molecule has 1 aliphatic heterocycles. The van der Waals surface area contributed by atoms with Gasteiger partial charge in [0.05, 0.1) is 5.56 Å². The molecule has 0 fully saturated rings. The van der Waals surface area contributed by atoms with Crippen molar-refractivity contribution in [1.29, 1.82) is 0 Å². The van der Waals surface area contributed by atoms with Crippen molar-refractivity contribution >= 4 is 23.2 Å². The summed E-state index contributed by atoms with van der Waals surface area (Å²) in [6, 6.07) is 5.76. The molecule has 1 aliphatic rings. The maximum atomic E-state index is 6.05. The molecule has 0 amide bonds. The van der Waals surface area contributed by atoms with Gasteiger partial charge in [0.2, 0.25) is 5.88 Å². The third kappa shape index (κ3) is 2.03. The van der Waals surface area contributed by atoms with Crippen LogP contribution in [-0.4, -0.2) is 24.2 Å². The summed E-state index contributed by atoms with van der Waals surface area (Å²) in [6.07, 6.45) is 0. The minimum atomic E-state index is 0.650. The number of hydrogen-bond donors (Lipinski definition) is 1. The first-order valence-corrected chi connectivity index (χ1v) is 6.33. The SMILES string of the molecule is C=C1Nc2onc(CN(C)C)c2-c2ccc(Cl)cc21. The van der Waals surface area contributed by atoms with Crippen LogP contribution < -0.4 is 5.32 Å². The molecule has 0 spiro atoms. The molecule has 0 saturated heterocycles. The summed E-state index contributed by atoms with van der Waals surface area (Å²) in [5, 5.41) is 7.97. The quantitative estimate of drug-likeness (QED) is 0.911. The van der Waals surface area contributed by atoms with E-state index in [1.54, 1.807) is 0 Å². The molecular formula is C14H14ClN3O. The number of benzene rings is 1. The van der Waals surface area contributed by atoms with Gasteiger partial charge in [0.1, 0.15) is 5.69 Å². The lowest BCUT2D eigenvalue weighted by Gasteiger charge is -2.20. The zero-order valence-electron chi connectivity index (χ0n) is 10.8. The average molecular weight is 276 g/mol. The zero-order chi connectivity index (χ0) is 13.6. The van der Waals surface area contributed by atoms with Gasteiger partial charge < -0.3 is 14.7 Å². The first-order chi connectivity index (χ1) is 9.06. The van der Waals surface area contributed by atoms with Gasteiger partial charge in [0.25, 0.3) is 0 Å². The van der Waals surface area contributed by atoms with Crippen LogP contribution >= 0.6 is 11.6 Å². The zero-order valence-corrected chi connectivity index (χ0v) is 11.6. The van der Waals surface area contributed by atoms with Gasteiger partial charge in [-0.25, -0.2) is 0 Å². The van der Waals surface area contributed by atoms with Gasteiger partial charge in [0.15, 0.2) is 0 Å². The van der Waals surface area contributed by atoms with Crippen molar-refractivity contribution in [1.82, 2.24) is 10.1 Å². The summed E-state index contributed by atoms with van der Waals surface area (Å²) in [5.74, 6) is 0.650. The third-order valence-electron chi connectivity index (χ3n) is 3.07. The molecular weight excluding hydrogens is 262 g/mol. The summed E-state index contributed by atoms with van der Waals surface area (Å²) in [4.78, 5) is 2.05. The van der Waals surface area contributed by atoms with E-state index >= 15 is 0 Å². The van der Waals surface area contributed by atoms with Crippen LogP contribution in [0.2, 0.25) is 5.02 Å². The van der Waals surface area contributed by atoms with Gasteiger partial charge in [-0.1, -0.05) is 29.4 Å².